The predicted octanol–water partition coefficient (Wildman–Crippen LogP) is 4.03. The first kappa shape index (κ1) is 14.7. The van der Waals surface area contributed by atoms with Crippen molar-refractivity contribution in [2.75, 3.05) is 0 Å². The highest BCUT2D eigenvalue weighted by molar-refractivity contribution is 6.29. The van der Waals surface area contributed by atoms with Gasteiger partial charge in [-0.2, -0.15) is 10.4 Å². The lowest BCUT2D eigenvalue weighted by molar-refractivity contribution is 0.663. The molecule has 2 aromatic rings. The normalized spacial score (nSPS) is 11.3. The van der Waals surface area contributed by atoms with Gasteiger partial charge in [-0.3, -0.25) is 5.10 Å². The molecule has 4 nitrogen and oxygen atoms in total. The van der Waals surface area contributed by atoms with E-state index >= 15 is 0 Å². The van der Waals surface area contributed by atoms with Crippen molar-refractivity contribution in [1.82, 2.24) is 14.8 Å². The van der Waals surface area contributed by atoms with Crippen molar-refractivity contribution in [2.24, 2.45) is 0 Å². The van der Waals surface area contributed by atoms with Crippen LogP contribution in [0.25, 0.3) is 0 Å². The number of H-pyrrole nitrogens is 1. The Morgan fingerprint density at radius 3 is 2.50 bits per heavy atom. The zero-order valence-electron chi connectivity index (χ0n) is 12.2. The predicted molar refractivity (Wildman–Crippen MR) is 80.0 cm³/mol. The Morgan fingerprint density at radius 2 is 2.05 bits per heavy atom. The van der Waals surface area contributed by atoms with Crippen LogP contribution in [0, 0.1) is 11.3 Å². The number of hydrogen-bond donors (Lipinski definition) is 1. The van der Waals surface area contributed by atoms with Gasteiger partial charge >= 0.3 is 0 Å². The highest BCUT2D eigenvalue weighted by atomic mass is 35.5. The van der Waals surface area contributed by atoms with Crippen LogP contribution in [-0.4, -0.2) is 14.8 Å². The van der Waals surface area contributed by atoms with Crippen LogP contribution in [0.4, 0.5) is 0 Å². The molecule has 0 aromatic carbocycles. The molecule has 0 saturated carbocycles. The molecule has 0 fully saturated rings. The Bertz CT molecular complexity index is 643. The third kappa shape index (κ3) is 2.73. The number of nitriles is 1. The summed E-state index contributed by atoms with van der Waals surface area (Å²) in [5, 5.41) is 16.7. The van der Waals surface area contributed by atoms with Crippen molar-refractivity contribution in [3.05, 3.63) is 39.9 Å². The molecule has 2 aromatic heterocycles. The molecule has 0 aliphatic carbocycles. The zero-order chi connectivity index (χ0) is 14.9. The molecule has 0 bridgehead atoms. The Labute approximate surface area is 124 Å². The van der Waals surface area contributed by atoms with Gasteiger partial charge in [0.25, 0.3) is 0 Å². The van der Waals surface area contributed by atoms with Crippen molar-refractivity contribution < 1.29 is 0 Å². The lowest BCUT2D eigenvalue weighted by Crippen LogP contribution is -2.07. The average Bonchev–Trinajstić information content (AvgIpc) is 2.93. The van der Waals surface area contributed by atoms with Crippen LogP contribution in [-0.2, 0) is 6.54 Å². The minimum absolute atomic E-state index is 0.327. The monoisotopic (exact) mass is 290 g/mol. The van der Waals surface area contributed by atoms with E-state index in [0.717, 1.165) is 16.8 Å². The highest BCUT2D eigenvalue weighted by Crippen LogP contribution is 2.31. The first-order valence-electron chi connectivity index (χ1n) is 6.76. The van der Waals surface area contributed by atoms with E-state index in [4.69, 9.17) is 11.6 Å². The maximum atomic E-state index is 9.35. The summed E-state index contributed by atoms with van der Waals surface area (Å²) in [6, 6.07) is 4.12. The molecular formula is C15H19ClN4. The first-order chi connectivity index (χ1) is 9.43. The zero-order valence-corrected chi connectivity index (χ0v) is 13.0. The van der Waals surface area contributed by atoms with Crippen LogP contribution in [0.15, 0.2) is 12.3 Å². The number of aromatic nitrogens is 3. The van der Waals surface area contributed by atoms with Gasteiger partial charge in [-0.05, 0) is 23.5 Å². The minimum Gasteiger partial charge on any atom is -0.344 e. The Balaban J connectivity index is 2.50. The average molecular weight is 291 g/mol. The maximum absolute atomic E-state index is 9.35. The molecule has 0 aliphatic rings. The highest BCUT2D eigenvalue weighted by Gasteiger charge is 2.20. The summed E-state index contributed by atoms with van der Waals surface area (Å²) >= 11 is 5.84. The number of nitrogens with one attached hydrogen (secondary N) is 1. The van der Waals surface area contributed by atoms with Crippen molar-refractivity contribution in [2.45, 2.75) is 46.1 Å². The summed E-state index contributed by atoms with van der Waals surface area (Å²) in [7, 11) is 0. The maximum Gasteiger partial charge on any atom is 0.151 e. The fourth-order valence-corrected chi connectivity index (χ4v) is 2.83. The molecule has 0 aliphatic heterocycles. The molecule has 1 N–H and O–H groups in total. The van der Waals surface area contributed by atoms with Crippen molar-refractivity contribution in [1.29, 1.82) is 5.26 Å². The second-order valence-electron chi connectivity index (χ2n) is 5.61. The number of hydrogen-bond acceptors (Lipinski definition) is 2. The topological polar surface area (TPSA) is 57.4 Å². The van der Waals surface area contributed by atoms with E-state index in [0.29, 0.717) is 23.5 Å². The van der Waals surface area contributed by atoms with Gasteiger partial charge in [0.1, 0.15) is 6.07 Å². The summed E-state index contributed by atoms with van der Waals surface area (Å²) < 4.78 is 2.13. The van der Waals surface area contributed by atoms with E-state index in [1.165, 1.54) is 5.69 Å². The number of nitrogens with zero attached hydrogens (tertiary/aromatic N) is 3. The van der Waals surface area contributed by atoms with Crippen LogP contribution >= 0.6 is 11.6 Å². The molecule has 2 heterocycles. The third-order valence-corrected chi connectivity index (χ3v) is 3.54. The van der Waals surface area contributed by atoms with E-state index in [2.05, 4.69) is 48.5 Å². The molecule has 0 amide bonds. The minimum atomic E-state index is 0.327. The Hall–Kier alpha value is -1.73. The SMILES string of the molecule is CC(C)c1c(C#N)cn(Cc2cc(Cl)n[nH]2)c1C(C)C. The summed E-state index contributed by atoms with van der Waals surface area (Å²) in [4.78, 5) is 0. The van der Waals surface area contributed by atoms with E-state index < -0.39 is 0 Å². The molecule has 0 atom stereocenters. The van der Waals surface area contributed by atoms with Gasteiger partial charge in [0.15, 0.2) is 5.15 Å². The summed E-state index contributed by atoms with van der Waals surface area (Å²) in [5.74, 6) is 0.682. The lowest BCUT2D eigenvalue weighted by atomic mass is 9.94. The standard InChI is InChI=1S/C15H19ClN4/c1-9(2)14-11(6-17)7-20(15(14)10(3)4)8-12-5-13(16)19-18-12/h5,7,9-10H,8H2,1-4H3,(H,18,19). The first-order valence-corrected chi connectivity index (χ1v) is 7.14. The Kier molecular flexibility index (Phi) is 4.20. The van der Waals surface area contributed by atoms with Gasteiger partial charge in [0.2, 0.25) is 0 Å². The molecule has 5 heteroatoms. The molecule has 20 heavy (non-hydrogen) atoms. The summed E-state index contributed by atoms with van der Waals surface area (Å²) in [6.45, 7) is 9.20. The second kappa shape index (κ2) is 5.72. The lowest BCUT2D eigenvalue weighted by Gasteiger charge is -2.16. The number of halogens is 1. The summed E-state index contributed by atoms with van der Waals surface area (Å²) in [5.41, 5.74) is 4.05. The molecule has 0 radical (unpaired) electrons. The van der Waals surface area contributed by atoms with Gasteiger partial charge in [0.05, 0.1) is 17.8 Å². The molecular weight excluding hydrogens is 272 g/mol. The van der Waals surface area contributed by atoms with Gasteiger partial charge in [-0.15, -0.1) is 0 Å². The van der Waals surface area contributed by atoms with Gasteiger partial charge in [-0.1, -0.05) is 39.3 Å². The van der Waals surface area contributed by atoms with E-state index in [1.54, 1.807) is 0 Å². The number of aromatic amines is 1. The second-order valence-corrected chi connectivity index (χ2v) is 5.99. The van der Waals surface area contributed by atoms with Crippen LogP contribution in [0.2, 0.25) is 5.15 Å². The Morgan fingerprint density at radius 1 is 1.35 bits per heavy atom. The molecule has 0 unspecified atom stereocenters. The quantitative estimate of drug-likeness (QED) is 0.924. The molecule has 106 valence electrons. The van der Waals surface area contributed by atoms with E-state index in [-0.39, 0.29) is 0 Å². The van der Waals surface area contributed by atoms with Crippen LogP contribution in [0.3, 0.4) is 0 Å². The van der Waals surface area contributed by atoms with Gasteiger partial charge in [-0.25, -0.2) is 0 Å². The van der Waals surface area contributed by atoms with Crippen LogP contribution in [0.5, 0.6) is 0 Å². The molecule has 0 saturated heterocycles. The van der Waals surface area contributed by atoms with Crippen molar-refractivity contribution in [3.8, 4) is 6.07 Å². The van der Waals surface area contributed by atoms with Gasteiger partial charge in [0, 0.05) is 11.9 Å². The van der Waals surface area contributed by atoms with Crippen molar-refractivity contribution >= 4 is 11.6 Å². The fraction of sp³-hybridized carbons (Fsp3) is 0.467. The van der Waals surface area contributed by atoms with Crippen LogP contribution < -0.4 is 0 Å². The smallest absolute Gasteiger partial charge is 0.151 e. The summed E-state index contributed by atoms with van der Waals surface area (Å²) in [6.07, 6.45) is 1.93. The molecule has 0 spiro atoms. The largest absolute Gasteiger partial charge is 0.344 e. The van der Waals surface area contributed by atoms with Crippen molar-refractivity contribution in [3.63, 3.8) is 0 Å². The fourth-order valence-electron chi connectivity index (χ4n) is 2.65. The van der Waals surface area contributed by atoms with E-state index in [9.17, 15) is 5.26 Å². The van der Waals surface area contributed by atoms with Crippen LogP contribution in [0.1, 0.15) is 62.0 Å². The number of rotatable bonds is 4. The van der Waals surface area contributed by atoms with E-state index in [1.807, 2.05) is 12.3 Å². The van der Waals surface area contributed by atoms with Gasteiger partial charge < -0.3 is 4.57 Å². The molecule has 2 rings (SSSR count). The third-order valence-electron chi connectivity index (χ3n) is 3.35.